The topological polar surface area (TPSA) is 112 Å². The van der Waals surface area contributed by atoms with Crippen LogP contribution >= 0.6 is 28.7 Å². The van der Waals surface area contributed by atoms with E-state index < -0.39 is 10.5 Å². The molecule has 1 aliphatic heterocycles. The van der Waals surface area contributed by atoms with Gasteiger partial charge in [-0.25, -0.2) is 10.1 Å². The van der Waals surface area contributed by atoms with Crippen LogP contribution in [0, 0.1) is 10.1 Å². The molecule has 0 saturated carbocycles. The van der Waals surface area contributed by atoms with Gasteiger partial charge >= 0.3 is 0 Å². The van der Waals surface area contributed by atoms with Gasteiger partial charge in [0.25, 0.3) is 0 Å². The number of rotatable bonds is 4. The standard InChI is InChI=1S/C18H14N4O4S.BrH/c23-16-6-5-12(8-17(16)24)15-10-27-18(21(15)22(25)26)20-13-7-11-3-1-2-4-14(11)19-9-13;/h1-10,18,20,23-24H;1H. The van der Waals surface area contributed by atoms with Crippen LogP contribution in [0.3, 0.4) is 0 Å². The number of anilines is 1. The Bertz CT molecular complexity index is 1080. The molecule has 0 spiro atoms. The number of hydrazine groups is 1. The van der Waals surface area contributed by atoms with E-state index in [0.29, 0.717) is 16.9 Å². The van der Waals surface area contributed by atoms with Crippen LogP contribution in [0.15, 0.2) is 60.1 Å². The summed E-state index contributed by atoms with van der Waals surface area (Å²) in [6, 6.07) is 13.6. The molecule has 1 aromatic heterocycles. The summed E-state index contributed by atoms with van der Waals surface area (Å²) in [4.78, 5) is 16.0. The Balaban J connectivity index is 0.00000225. The molecule has 0 radical (unpaired) electrons. The highest BCUT2D eigenvalue weighted by molar-refractivity contribution is 8.93. The molecule has 1 atom stereocenters. The third kappa shape index (κ3) is 3.69. The Labute approximate surface area is 174 Å². The lowest BCUT2D eigenvalue weighted by molar-refractivity contribution is -0.635. The molecule has 28 heavy (non-hydrogen) atoms. The molecule has 1 aliphatic rings. The minimum absolute atomic E-state index is 0. The largest absolute Gasteiger partial charge is 0.504 e. The minimum atomic E-state index is -0.686. The third-order valence-electron chi connectivity index (χ3n) is 4.11. The van der Waals surface area contributed by atoms with Crippen molar-refractivity contribution in [2.75, 3.05) is 5.32 Å². The Hall–Kier alpha value is -2.98. The molecule has 2 heterocycles. The van der Waals surface area contributed by atoms with Crippen molar-refractivity contribution in [2.24, 2.45) is 0 Å². The number of phenolic OH excluding ortho intramolecular Hbond substituents is 2. The van der Waals surface area contributed by atoms with E-state index in [2.05, 4.69) is 10.3 Å². The fourth-order valence-corrected chi connectivity index (χ4v) is 3.82. The predicted molar refractivity (Wildman–Crippen MR) is 114 cm³/mol. The molecule has 3 N–H and O–H groups in total. The molecule has 0 bridgehead atoms. The molecule has 10 heteroatoms. The van der Waals surface area contributed by atoms with Gasteiger partial charge in [-0.15, -0.1) is 17.0 Å². The average Bonchev–Trinajstić information content (AvgIpc) is 3.07. The van der Waals surface area contributed by atoms with E-state index in [4.69, 9.17) is 0 Å². The molecule has 4 rings (SSSR count). The number of para-hydroxylation sites is 1. The molecule has 8 nitrogen and oxygen atoms in total. The molecule has 3 aromatic rings. The van der Waals surface area contributed by atoms with Gasteiger partial charge in [0.2, 0.25) is 5.50 Å². The molecule has 144 valence electrons. The molecule has 0 saturated heterocycles. The second-order valence-electron chi connectivity index (χ2n) is 5.84. The van der Waals surface area contributed by atoms with Crippen LogP contribution in [-0.2, 0) is 0 Å². The van der Waals surface area contributed by atoms with Gasteiger partial charge in [0.1, 0.15) is 5.70 Å². The van der Waals surface area contributed by atoms with E-state index in [9.17, 15) is 20.3 Å². The van der Waals surface area contributed by atoms with E-state index in [1.807, 2.05) is 30.3 Å². The SMILES string of the molecule is Br.O=[N+]([O-])N1C(c2ccc(O)c(O)c2)=CSC1Nc1cnc2ccccc2c1. The fraction of sp³-hybridized carbons (Fsp3) is 0.0556. The Morgan fingerprint density at radius 1 is 1.14 bits per heavy atom. The number of phenols is 2. The van der Waals surface area contributed by atoms with Gasteiger partial charge in [0, 0.05) is 16.4 Å². The van der Waals surface area contributed by atoms with Gasteiger partial charge in [-0.1, -0.05) is 35.0 Å². The van der Waals surface area contributed by atoms with E-state index in [1.54, 1.807) is 11.6 Å². The van der Waals surface area contributed by atoms with Crippen molar-refractivity contribution in [2.45, 2.75) is 5.50 Å². The monoisotopic (exact) mass is 462 g/mol. The number of nitro groups is 1. The summed E-state index contributed by atoms with van der Waals surface area (Å²) < 4.78 is 0. The van der Waals surface area contributed by atoms with Crippen molar-refractivity contribution in [3.05, 3.63) is 75.8 Å². The summed E-state index contributed by atoms with van der Waals surface area (Å²) in [6.45, 7) is 0. The first-order chi connectivity index (χ1) is 13.0. The third-order valence-corrected chi connectivity index (χ3v) is 5.04. The number of hydrogen-bond acceptors (Lipinski definition) is 7. The fourth-order valence-electron chi connectivity index (χ4n) is 2.81. The van der Waals surface area contributed by atoms with E-state index in [1.165, 1.54) is 30.0 Å². The Morgan fingerprint density at radius 2 is 1.93 bits per heavy atom. The minimum Gasteiger partial charge on any atom is -0.504 e. The van der Waals surface area contributed by atoms with Crippen LogP contribution in [0.1, 0.15) is 5.56 Å². The molecule has 0 amide bonds. The number of fused-ring (bicyclic) bond motifs is 1. The first kappa shape index (κ1) is 19.8. The van der Waals surface area contributed by atoms with Gasteiger partial charge in [-0.3, -0.25) is 4.98 Å². The number of nitrogens with one attached hydrogen (secondary N) is 1. The lowest BCUT2D eigenvalue weighted by Gasteiger charge is -2.21. The molecular formula is C18H15BrN4O4S. The number of hydrogen-bond donors (Lipinski definition) is 3. The van der Waals surface area contributed by atoms with Crippen molar-refractivity contribution in [3.8, 4) is 11.5 Å². The maximum absolute atomic E-state index is 11.7. The van der Waals surface area contributed by atoms with Crippen molar-refractivity contribution in [3.63, 3.8) is 0 Å². The molecule has 0 aliphatic carbocycles. The van der Waals surface area contributed by atoms with Crippen molar-refractivity contribution in [1.29, 1.82) is 0 Å². The number of aromatic nitrogens is 1. The first-order valence-electron chi connectivity index (χ1n) is 7.96. The summed E-state index contributed by atoms with van der Waals surface area (Å²) in [5.41, 5.74) is 1.55. The highest BCUT2D eigenvalue weighted by Gasteiger charge is 2.37. The summed E-state index contributed by atoms with van der Waals surface area (Å²) in [7, 11) is 0. The van der Waals surface area contributed by atoms with Gasteiger partial charge in [0.15, 0.2) is 16.5 Å². The van der Waals surface area contributed by atoms with Crippen LogP contribution in [0.5, 0.6) is 11.5 Å². The van der Waals surface area contributed by atoms with Crippen molar-refractivity contribution >= 4 is 51.0 Å². The number of thioether (sulfide) groups is 1. The van der Waals surface area contributed by atoms with E-state index in [0.717, 1.165) is 15.9 Å². The molecule has 1 unspecified atom stereocenters. The van der Waals surface area contributed by atoms with Gasteiger partial charge < -0.3 is 15.5 Å². The zero-order valence-corrected chi connectivity index (χ0v) is 16.7. The van der Waals surface area contributed by atoms with Crippen LogP contribution in [-0.4, -0.2) is 30.7 Å². The Kier molecular flexibility index (Phi) is 5.61. The number of benzene rings is 2. The first-order valence-corrected chi connectivity index (χ1v) is 8.90. The number of pyridine rings is 1. The zero-order valence-electron chi connectivity index (χ0n) is 14.2. The van der Waals surface area contributed by atoms with Gasteiger partial charge in [-0.05, 0) is 30.3 Å². The zero-order chi connectivity index (χ0) is 19.0. The maximum atomic E-state index is 11.7. The lowest BCUT2D eigenvalue weighted by Crippen LogP contribution is -2.38. The maximum Gasteiger partial charge on any atom is 0.215 e. The highest BCUT2D eigenvalue weighted by atomic mass is 79.9. The van der Waals surface area contributed by atoms with Gasteiger partial charge in [0.05, 0.1) is 17.4 Å². The number of halogens is 1. The molecule has 0 fully saturated rings. The second kappa shape index (κ2) is 7.95. The summed E-state index contributed by atoms with van der Waals surface area (Å²) in [5, 5.41) is 36.9. The van der Waals surface area contributed by atoms with E-state index in [-0.39, 0.29) is 28.5 Å². The van der Waals surface area contributed by atoms with Crippen molar-refractivity contribution in [1.82, 2.24) is 9.99 Å². The lowest BCUT2D eigenvalue weighted by atomic mass is 10.1. The van der Waals surface area contributed by atoms with Crippen LogP contribution in [0.25, 0.3) is 16.6 Å². The normalized spacial score (nSPS) is 15.8. The second-order valence-corrected chi connectivity index (χ2v) is 6.79. The summed E-state index contributed by atoms with van der Waals surface area (Å²) in [5.74, 6) is -0.619. The Morgan fingerprint density at radius 3 is 2.68 bits per heavy atom. The smallest absolute Gasteiger partial charge is 0.215 e. The molecule has 2 aromatic carbocycles. The van der Waals surface area contributed by atoms with E-state index >= 15 is 0 Å². The average molecular weight is 463 g/mol. The van der Waals surface area contributed by atoms with Gasteiger partial charge in [-0.2, -0.15) is 0 Å². The van der Waals surface area contributed by atoms with Crippen LogP contribution in [0.2, 0.25) is 0 Å². The van der Waals surface area contributed by atoms with Crippen LogP contribution < -0.4 is 5.32 Å². The van der Waals surface area contributed by atoms with Crippen LogP contribution in [0.4, 0.5) is 5.69 Å². The molecular weight excluding hydrogens is 448 g/mol. The highest BCUT2D eigenvalue weighted by Crippen LogP contribution is 2.39. The van der Waals surface area contributed by atoms with Crippen molar-refractivity contribution < 1.29 is 15.2 Å². The quantitative estimate of drug-likeness (QED) is 0.301. The number of aromatic hydroxyl groups is 2. The summed E-state index contributed by atoms with van der Waals surface area (Å²) in [6.07, 6.45) is 1.63. The number of nitrogens with zero attached hydrogens (tertiary/aromatic N) is 3. The predicted octanol–water partition coefficient (Wildman–Crippen LogP) is 4.16. The summed E-state index contributed by atoms with van der Waals surface area (Å²) >= 11 is 1.23.